The minimum Gasteiger partial charge on any atom is -0.382 e. The van der Waals surface area contributed by atoms with E-state index in [9.17, 15) is 14.4 Å². The highest BCUT2D eigenvalue weighted by Crippen LogP contribution is 2.10. The largest absolute Gasteiger partial charge is 0.382 e. The molecule has 0 aliphatic carbocycles. The van der Waals surface area contributed by atoms with Crippen molar-refractivity contribution in [2.45, 2.75) is 72.3 Å². The number of methoxy groups -OCH3 is 1. The molecular weight excluding hydrogens is 1240 g/mol. The monoisotopic (exact) mass is 1370 g/mol. The van der Waals surface area contributed by atoms with E-state index in [1.165, 1.54) is 0 Å². The van der Waals surface area contributed by atoms with E-state index in [1.54, 1.807) is 7.11 Å². The van der Waals surface area contributed by atoms with Crippen LogP contribution in [0, 0.1) is 11.8 Å². The second-order valence-corrected chi connectivity index (χ2v) is 21.3. The first-order valence-electron chi connectivity index (χ1n) is 34.1. The lowest BCUT2D eigenvalue weighted by Gasteiger charge is -2.20. The summed E-state index contributed by atoms with van der Waals surface area (Å²) in [7, 11) is 1.64. The Kier molecular flexibility index (Phi) is 77.6. The van der Waals surface area contributed by atoms with Gasteiger partial charge in [-0.05, 0) is 31.6 Å². The van der Waals surface area contributed by atoms with Crippen LogP contribution in [0.1, 0.15) is 66.2 Å². The van der Waals surface area contributed by atoms with Crippen LogP contribution in [0.4, 0.5) is 0 Å². The molecule has 29 nitrogen and oxygen atoms in total. The number of ketones is 1. The highest BCUT2D eigenvalue weighted by molar-refractivity contribution is 5.90. The third-order valence-electron chi connectivity index (χ3n) is 12.5. The Labute approximate surface area is 562 Å². The van der Waals surface area contributed by atoms with E-state index in [1.807, 2.05) is 13.8 Å². The molecule has 0 saturated carbocycles. The molecule has 0 saturated heterocycles. The molecule has 0 unspecified atom stereocenters. The summed E-state index contributed by atoms with van der Waals surface area (Å²) in [6.07, 6.45) is 3.46. The van der Waals surface area contributed by atoms with Crippen molar-refractivity contribution in [3.05, 3.63) is 0 Å². The normalized spacial score (nSPS) is 12.1. The van der Waals surface area contributed by atoms with Crippen LogP contribution in [0.5, 0.6) is 0 Å². The number of carbonyl (C=O) groups excluding carboxylic acids is 3. The van der Waals surface area contributed by atoms with Crippen LogP contribution in [0.3, 0.4) is 0 Å². The average Bonchev–Trinajstić information content (AvgIpc) is 1.38. The van der Waals surface area contributed by atoms with Crippen LogP contribution in [0.15, 0.2) is 0 Å². The predicted molar refractivity (Wildman–Crippen MR) is 348 cm³/mol. The predicted octanol–water partition coefficient (Wildman–Crippen LogP) is 2.84. The molecule has 2 N–H and O–H groups in total. The number of ether oxygens (including phenoxy) is 24. The lowest BCUT2D eigenvalue weighted by molar-refractivity contribution is -0.129. The fraction of sp³-hybridized carbons (Fsp3) is 0.954. The number of unbranched alkanes of at least 4 members (excludes halogenated alkanes) is 1. The van der Waals surface area contributed by atoms with Crippen molar-refractivity contribution in [3.63, 3.8) is 0 Å². The van der Waals surface area contributed by atoms with E-state index >= 15 is 0 Å². The first-order valence-corrected chi connectivity index (χ1v) is 34.1. The van der Waals surface area contributed by atoms with Gasteiger partial charge in [-0.1, -0.05) is 27.7 Å². The lowest BCUT2D eigenvalue weighted by Crippen LogP contribution is -2.42. The lowest BCUT2D eigenvalue weighted by atomic mass is 9.96. The molecule has 0 aromatic heterocycles. The van der Waals surface area contributed by atoms with Crippen molar-refractivity contribution < 1.29 is 128 Å². The van der Waals surface area contributed by atoms with Gasteiger partial charge in [0.15, 0.2) is 5.78 Å². The minimum absolute atomic E-state index is 0.0411. The zero-order chi connectivity index (χ0) is 68.0. The number of nitrogens with one attached hydrogen (secondary N) is 2. The highest BCUT2D eigenvalue weighted by Gasteiger charge is 2.23. The van der Waals surface area contributed by atoms with Crippen LogP contribution >= 0.6 is 0 Å². The van der Waals surface area contributed by atoms with Crippen molar-refractivity contribution in [1.82, 2.24) is 10.6 Å². The summed E-state index contributed by atoms with van der Waals surface area (Å²) in [6, 6.07) is -0.485. The Hall–Kier alpha value is -2.35. The topological polar surface area (TPSA) is 297 Å². The summed E-state index contributed by atoms with van der Waals surface area (Å²) in [5.41, 5.74) is 0. The van der Waals surface area contributed by atoms with E-state index < -0.39 is 6.04 Å². The minimum atomic E-state index is -0.485. The number of carbonyl (C=O) groups is 3. The number of Topliss-reactive ketones (excluding diaryl/α,β-unsaturated/α-hetero) is 1. The van der Waals surface area contributed by atoms with Gasteiger partial charge in [-0.15, -0.1) is 0 Å². The summed E-state index contributed by atoms with van der Waals surface area (Å²) in [6.45, 7) is 30.8. The van der Waals surface area contributed by atoms with Gasteiger partial charge in [-0.25, -0.2) is 0 Å². The van der Waals surface area contributed by atoms with Crippen LogP contribution in [0.2, 0.25) is 0 Å². The maximum Gasteiger partial charge on any atom is 0.222 e. The number of hydrogen-bond donors (Lipinski definition) is 2. The molecule has 0 aliphatic heterocycles. The molecule has 94 heavy (non-hydrogen) atoms. The van der Waals surface area contributed by atoms with Gasteiger partial charge in [0.2, 0.25) is 11.8 Å². The standard InChI is InChI=1S/C65H128N2O27/c1-60(2)9-10-64(69)67-62(65(70)61(3)4)8-6-7-12-66-63(68)11-13-72-16-17-74-20-21-76-24-25-78-28-29-80-32-33-82-36-37-84-40-41-86-44-45-88-48-49-90-52-53-92-56-57-94-59-58-93-55-54-91-51-50-89-47-46-87-43-42-85-39-38-83-35-34-81-31-30-79-27-26-77-23-22-75-19-18-73-15-14-71-5/h60-62H,6-59H2,1-5H3,(H,66,68)(H,67,69)/t62-/m0/s1. The van der Waals surface area contributed by atoms with E-state index in [-0.39, 0.29) is 29.9 Å². The Bertz CT molecular complexity index is 1520. The molecule has 0 radical (unpaired) electrons. The van der Waals surface area contributed by atoms with Crippen LogP contribution in [-0.4, -0.2) is 348 Å². The third kappa shape index (κ3) is 77.0. The Morgan fingerprint density at radius 3 is 0.670 bits per heavy atom. The summed E-state index contributed by atoms with van der Waals surface area (Å²) in [4.78, 5) is 37.1. The van der Waals surface area contributed by atoms with Gasteiger partial charge < -0.3 is 124 Å². The smallest absolute Gasteiger partial charge is 0.222 e. The SMILES string of the molecule is COCCOCCOCCOCCOCCOCCOCCOCCOCCOCCOCCOCCOCCOCCOCCOCCOCCOCCOCCOCCOCCOCCOCCOCCC(=O)NCCCC[C@H](NC(=O)CCC(C)C)C(=O)C(C)C. The molecule has 29 heteroatoms. The number of rotatable bonds is 83. The van der Waals surface area contributed by atoms with Gasteiger partial charge in [-0.3, -0.25) is 14.4 Å². The molecule has 0 fully saturated rings. The molecule has 0 heterocycles. The van der Waals surface area contributed by atoms with Gasteiger partial charge >= 0.3 is 0 Å². The quantitative estimate of drug-likeness (QED) is 0.0828. The number of amides is 2. The second kappa shape index (κ2) is 79.6. The zero-order valence-corrected chi connectivity index (χ0v) is 58.4. The van der Waals surface area contributed by atoms with Crippen molar-refractivity contribution in [2.24, 2.45) is 11.8 Å². The molecule has 0 bridgehead atoms. The fourth-order valence-corrected chi connectivity index (χ4v) is 7.41. The third-order valence-corrected chi connectivity index (χ3v) is 12.5. The summed E-state index contributed by atoms with van der Waals surface area (Å²) in [5, 5.41) is 5.80. The molecule has 0 aromatic rings. The van der Waals surface area contributed by atoms with Gasteiger partial charge in [0.05, 0.1) is 317 Å². The van der Waals surface area contributed by atoms with Crippen LogP contribution < -0.4 is 10.6 Å². The molecule has 0 spiro atoms. The van der Waals surface area contributed by atoms with Gasteiger partial charge in [0.1, 0.15) is 0 Å². The molecule has 0 aromatic carbocycles. The Balaban J connectivity index is 3.20. The molecular formula is C65H128N2O27. The highest BCUT2D eigenvalue weighted by atomic mass is 16.6. The van der Waals surface area contributed by atoms with Gasteiger partial charge in [0, 0.05) is 32.4 Å². The van der Waals surface area contributed by atoms with Gasteiger partial charge in [0.25, 0.3) is 0 Å². The van der Waals surface area contributed by atoms with Crippen molar-refractivity contribution in [3.8, 4) is 0 Å². The fourth-order valence-electron chi connectivity index (χ4n) is 7.41. The molecule has 1 atom stereocenters. The molecule has 0 aliphatic rings. The average molecular weight is 1370 g/mol. The summed E-state index contributed by atoms with van der Waals surface area (Å²) >= 11 is 0. The van der Waals surface area contributed by atoms with E-state index in [0.29, 0.717) is 336 Å². The Morgan fingerprint density at radius 1 is 0.255 bits per heavy atom. The molecule has 560 valence electrons. The number of hydrogen-bond acceptors (Lipinski definition) is 27. The van der Waals surface area contributed by atoms with E-state index in [0.717, 1.165) is 19.3 Å². The maximum absolute atomic E-state index is 12.6. The Morgan fingerprint density at radius 2 is 0.468 bits per heavy atom. The van der Waals surface area contributed by atoms with Crippen molar-refractivity contribution in [1.29, 1.82) is 0 Å². The zero-order valence-electron chi connectivity index (χ0n) is 58.4. The molecule has 0 rings (SSSR count). The first kappa shape index (κ1) is 91.6. The van der Waals surface area contributed by atoms with E-state index in [2.05, 4.69) is 24.5 Å². The summed E-state index contributed by atoms with van der Waals surface area (Å²) in [5.74, 6) is 0.137. The van der Waals surface area contributed by atoms with Crippen molar-refractivity contribution >= 4 is 17.6 Å². The van der Waals surface area contributed by atoms with Gasteiger partial charge in [-0.2, -0.15) is 0 Å². The summed E-state index contributed by atoms with van der Waals surface area (Å²) < 4.78 is 132. The molecule has 2 amide bonds. The first-order chi connectivity index (χ1) is 46.3. The van der Waals surface area contributed by atoms with Crippen LogP contribution in [-0.2, 0) is 128 Å². The van der Waals surface area contributed by atoms with E-state index in [4.69, 9.17) is 114 Å². The maximum atomic E-state index is 12.6. The second-order valence-electron chi connectivity index (χ2n) is 21.3. The van der Waals surface area contributed by atoms with Crippen molar-refractivity contribution in [2.75, 3.05) is 324 Å². The van der Waals surface area contributed by atoms with Crippen LogP contribution in [0.25, 0.3) is 0 Å².